The molecule has 66 valence electrons. The Bertz CT molecular complexity index is 404. The lowest BCUT2D eigenvalue weighted by Gasteiger charge is -2.03. The van der Waals surface area contributed by atoms with Crippen molar-refractivity contribution in [3.05, 3.63) is 34.6 Å². The Morgan fingerprint density at radius 1 is 1.54 bits per heavy atom. The standard InChI is InChI=1S/C10H8FNO/c1-6-9(5-12)8(7(2)13)3-4-10(6)11/h3-4H,1-2H3. The quantitative estimate of drug-likeness (QED) is 0.617. The molecule has 0 spiro atoms. The number of halogens is 1. The van der Waals surface area contributed by atoms with E-state index in [1.165, 1.54) is 26.0 Å². The molecule has 0 aliphatic carbocycles. The maximum atomic E-state index is 12.9. The van der Waals surface area contributed by atoms with E-state index in [1.807, 2.05) is 6.07 Å². The van der Waals surface area contributed by atoms with E-state index in [-0.39, 0.29) is 22.5 Å². The van der Waals surface area contributed by atoms with Crippen molar-refractivity contribution in [2.24, 2.45) is 0 Å². The van der Waals surface area contributed by atoms with Crippen molar-refractivity contribution in [3.8, 4) is 6.07 Å². The number of carbonyl (C=O) groups is 1. The van der Waals surface area contributed by atoms with Gasteiger partial charge in [0.2, 0.25) is 0 Å². The van der Waals surface area contributed by atoms with Gasteiger partial charge >= 0.3 is 0 Å². The summed E-state index contributed by atoms with van der Waals surface area (Å²) in [5, 5.41) is 8.70. The molecule has 13 heavy (non-hydrogen) atoms. The van der Waals surface area contributed by atoms with E-state index in [9.17, 15) is 9.18 Å². The highest BCUT2D eigenvalue weighted by Crippen LogP contribution is 2.16. The Morgan fingerprint density at radius 2 is 2.15 bits per heavy atom. The molecular weight excluding hydrogens is 169 g/mol. The monoisotopic (exact) mass is 177 g/mol. The van der Waals surface area contributed by atoms with Crippen LogP contribution in [0, 0.1) is 24.1 Å². The number of hydrogen-bond donors (Lipinski definition) is 0. The van der Waals surface area contributed by atoms with Crippen molar-refractivity contribution in [1.29, 1.82) is 5.26 Å². The molecule has 0 atom stereocenters. The molecule has 2 nitrogen and oxygen atoms in total. The number of hydrogen-bond acceptors (Lipinski definition) is 2. The van der Waals surface area contributed by atoms with Crippen LogP contribution in [0.2, 0.25) is 0 Å². The second kappa shape index (κ2) is 3.36. The molecule has 0 heterocycles. The molecule has 0 saturated carbocycles. The molecule has 0 unspecified atom stereocenters. The zero-order valence-corrected chi connectivity index (χ0v) is 7.39. The third-order valence-electron chi connectivity index (χ3n) is 1.89. The highest BCUT2D eigenvalue weighted by Gasteiger charge is 2.12. The summed E-state index contributed by atoms with van der Waals surface area (Å²) in [5.41, 5.74) is 0.643. The molecule has 1 rings (SSSR count). The first kappa shape index (κ1) is 9.40. The van der Waals surface area contributed by atoms with Gasteiger partial charge in [0, 0.05) is 11.1 Å². The lowest BCUT2D eigenvalue weighted by Crippen LogP contribution is -2.00. The fourth-order valence-corrected chi connectivity index (χ4v) is 1.12. The van der Waals surface area contributed by atoms with Crippen LogP contribution in [0.1, 0.15) is 28.4 Å². The van der Waals surface area contributed by atoms with Crippen LogP contribution in [0.3, 0.4) is 0 Å². The molecule has 0 aliphatic heterocycles. The van der Waals surface area contributed by atoms with E-state index in [0.717, 1.165) is 0 Å². The normalized spacial score (nSPS) is 9.38. The minimum absolute atomic E-state index is 0.132. The van der Waals surface area contributed by atoms with Crippen molar-refractivity contribution in [3.63, 3.8) is 0 Å². The molecule has 0 bridgehead atoms. The largest absolute Gasteiger partial charge is 0.294 e. The number of nitrogens with zero attached hydrogens (tertiary/aromatic N) is 1. The Hall–Kier alpha value is -1.69. The van der Waals surface area contributed by atoms with Crippen molar-refractivity contribution < 1.29 is 9.18 Å². The molecule has 0 amide bonds. The topological polar surface area (TPSA) is 40.9 Å². The summed E-state index contributed by atoms with van der Waals surface area (Å²) in [7, 11) is 0. The summed E-state index contributed by atoms with van der Waals surface area (Å²) in [4.78, 5) is 11.0. The zero-order chi connectivity index (χ0) is 10.0. The molecule has 1 aromatic rings. The average Bonchev–Trinajstić information content (AvgIpc) is 2.09. The van der Waals surface area contributed by atoms with E-state index in [4.69, 9.17) is 5.26 Å². The van der Waals surface area contributed by atoms with Crippen molar-refractivity contribution in [2.45, 2.75) is 13.8 Å². The number of nitriles is 1. The summed E-state index contributed by atoms with van der Waals surface area (Å²) in [6, 6.07) is 4.36. The third kappa shape index (κ3) is 1.57. The maximum Gasteiger partial charge on any atom is 0.161 e. The summed E-state index contributed by atoms with van der Waals surface area (Å²) in [6.07, 6.45) is 0. The lowest BCUT2D eigenvalue weighted by atomic mass is 10.00. The second-order valence-electron chi connectivity index (χ2n) is 2.76. The predicted molar refractivity (Wildman–Crippen MR) is 45.9 cm³/mol. The van der Waals surface area contributed by atoms with Crippen LogP contribution in [0.5, 0.6) is 0 Å². The minimum atomic E-state index is -0.457. The van der Waals surface area contributed by atoms with E-state index in [1.54, 1.807) is 0 Å². The fraction of sp³-hybridized carbons (Fsp3) is 0.200. The third-order valence-corrected chi connectivity index (χ3v) is 1.89. The van der Waals surface area contributed by atoms with Crippen LogP contribution in [0.25, 0.3) is 0 Å². The number of carbonyl (C=O) groups excluding carboxylic acids is 1. The van der Waals surface area contributed by atoms with Crippen LogP contribution in [-0.4, -0.2) is 5.78 Å². The Kier molecular flexibility index (Phi) is 2.43. The minimum Gasteiger partial charge on any atom is -0.294 e. The van der Waals surface area contributed by atoms with Gasteiger partial charge in [-0.05, 0) is 26.0 Å². The highest BCUT2D eigenvalue weighted by molar-refractivity contribution is 5.96. The summed E-state index contributed by atoms with van der Waals surface area (Å²) in [5.74, 6) is -0.679. The number of ketones is 1. The van der Waals surface area contributed by atoms with Gasteiger partial charge < -0.3 is 0 Å². The number of Topliss-reactive ketones (excluding diaryl/α,β-unsaturated/α-hetero) is 1. The maximum absolute atomic E-state index is 12.9. The molecule has 0 N–H and O–H groups in total. The predicted octanol–water partition coefficient (Wildman–Crippen LogP) is 2.21. The van der Waals surface area contributed by atoms with Crippen LogP contribution in [0.15, 0.2) is 12.1 Å². The van der Waals surface area contributed by atoms with Gasteiger partial charge in [0.05, 0.1) is 5.56 Å². The number of benzene rings is 1. The molecule has 0 radical (unpaired) electrons. The average molecular weight is 177 g/mol. The van der Waals surface area contributed by atoms with Gasteiger partial charge in [0.1, 0.15) is 11.9 Å². The highest BCUT2D eigenvalue weighted by atomic mass is 19.1. The van der Waals surface area contributed by atoms with Crippen LogP contribution in [-0.2, 0) is 0 Å². The molecule has 3 heteroatoms. The molecule has 1 aromatic carbocycles. The smallest absolute Gasteiger partial charge is 0.161 e. The Balaban J connectivity index is 3.50. The van der Waals surface area contributed by atoms with Crippen LogP contribution < -0.4 is 0 Å². The second-order valence-corrected chi connectivity index (χ2v) is 2.76. The molecular formula is C10H8FNO. The molecule has 0 saturated heterocycles. The molecule has 0 fully saturated rings. The van der Waals surface area contributed by atoms with Crippen LogP contribution >= 0.6 is 0 Å². The SMILES string of the molecule is CC(=O)c1ccc(F)c(C)c1C#N. The zero-order valence-electron chi connectivity index (χ0n) is 7.39. The summed E-state index contributed by atoms with van der Waals surface area (Å²) in [6.45, 7) is 2.84. The van der Waals surface area contributed by atoms with Crippen molar-refractivity contribution in [1.82, 2.24) is 0 Å². The number of rotatable bonds is 1. The summed E-state index contributed by atoms with van der Waals surface area (Å²) >= 11 is 0. The Labute approximate surface area is 75.6 Å². The Morgan fingerprint density at radius 3 is 2.62 bits per heavy atom. The lowest BCUT2D eigenvalue weighted by molar-refractivity contribution is 0.101. The van der Waals surface area contributed by atoms with E-state index in [0.29, 0.717) is 0 Å². The van der Waals surface area contributed by atoms with Gasteiger partial charge in [-0.15, -0.1) is 0 Å². The van der Waals surface area contributed by atoms with Gasteiger partial charge in [-0.2, -0.15) is 5.26 Å². The van der Waals surface area contributed by atoms with Crippen molar-refractivity contribution >= 4 is 5.78 Å². The van der Waals surface area contributed by atoms with Crippen LogP contribution in [0.4, 0.5) is 4.39 Å². The van der Waals surface area contributed by atoms with Gasteiger partial charge in [0.15, 0.2) is 5.78 Å². The first-order valence-electron chi connectivity index (χ1n) is 3.78. The van der Waals surface area contributed by atoms with Crippen molar-refractivity contribution in [2.75, 3.05) is 0 Å². The molecule has 0 aromatic heterocycles. The first-order chi connectivity index (χ1) is 6.07. The van der Waals surface area contributed by atoms with Gasteiger partial charge in [0.25, 0.3) is 0 Å². The van der Waals surface area contributed by atoms with E-state index in [2.05, 4.69) is 0 Å². The fourth-order valence-electron chi connectivity index (χ4n) is 1.12. The van der Waals surface area contributed by atoms with E-state index < -0.39 is 5.82 Å². The molecule has 0 aliphatic rings. The van der Waals surface area contributed by atoms with Gasteiger partial charge in [-0.1, -0.05) is 0 Å². The summed E-state index contributed by atoms with van der Waals surface area (Å²) < 4.78 is 12.9. The van der Waals surface area contributed by atoms with Gasteiger partial charge in [-0.3, -0.25) is 4.79 Å². The van der Waals surface area contributed by atoms with Gasteiger partial charge in [-0.25, -0.2) is 4.39 Å². The first-order valence-corrected chi connectivity index (χ1v) is 3.78. The van der Waals surface area contributed by atoms with E-state index >= 15 is 0 Å².